The first kappa shape index (κ1) is 17.9. The lowest BCUT2D eigenvalue weighted by atomic mass is 10.2. The van der Waals surface area contributed by atoms with Crippen LogP contribution in [0.3, 0.4) is 0 Å². The first-order valence-electron chi connectivity index (χ1n) is 8.12. The van der Waals surface area contributed by atoms with Crippen LogP contribution in [0.25, 0.3) is 16.6 Å². The van der Waals surface area contributed by atoms with E-state index in [1.165, 1.54) is 0 Å². The Labute approximate surface area is 155 Å². The number of fused-ring (bicyclic) bond motifs is 1. The van der Waals surface area contributed by atoms with E-state index >= 15 is 0 Å². The van der Waals surface area contributed by atoms with Crippen molar-refractivity contribution in [3.05, 3.63) is 58.9 Å². The SMILES string of the molecule is CCOc1ccccc1-n1c(SCCSC)nc2ccccc2c1=O. The van der Waals surface area contributed by atoms with Gasteiger partial charge in [0.25, 0.3) is 5.56 Å². The van der Waals surface area contributed by atoms with E-state index in [4.69, 9.17) is 9.72 Å². The number of ether oxygens (including phenoxy) is 1. The number of thioether (sulfide) groups is 2. The molecule has 0 N–H and O–H groups in total. The Morgan fingerprint density at radius 2 is 1.84 bits per heavy atom. The maximum absolute atomic E-state index is 13.2. The molecule has 0 spiro atoms. The number of hydrogen-bond donors (Lipinski definition) is 0. The molecule has 130 valence electrons. The van der Waals surface area contributed by atoms with Crippen molar-refractivity contribution in [2.45, 2.75) is 12.1 Å². The molecule has 0 aliphatic rings. The average Bonchev–Trinajstić information content (AvgIpc) is 2.63. The monoisotopic (exact) mass is 372 g/mol. The van der Waals surface area contributed by atoms with Gasteiger partial charge in [0.2, 0.25) is 0 Å². The summed E-state index contributed by atoms with van der Waals surface area (Å²) in [5.41, 5.74) is 1.40. The molecule has 0 unspecified atom stereocenters. The summed E-state index contributed by atoms with van der Waals surface area (Å²) in [5, 5.41) is 1.31. The predicted molar refractivity (Wildman–Crippen MR) is 108 cm³/mol. The lowest BCUT2D eigenvalue weighted by molar-refractivity contribution is 0.338. The van der Waals surface area contributed by atoms with E-state index in [0.29, 0.717) is 22.9 Å². The number of hydrogen-bond acceptors (Lipinski definition) is 5. The van der Waals surface area contributed by atoms with E-state index in [0.717, 1.165) is 22.7 Å². The highest BCUT2D eigenvalue weighted by molar-refractivity contribution is 8.02. The van der Waals surface area contributed by atoms with E-state index in [1.54, 1.807) is 28.1 Å². The molecule has 2 aromatic carbocycles. The normalized spacial score (nSPS) is 11.0. The molecule has 0 aliphatic carbocycles. The fourth-order valence-corrected chi connectivity index (χ4v) is 4.21. The molecule has 0 amide bonds. The van der Waals surface area contributed by atoms with Crippen LogP contribution in [-0.4, -0.2) is 33.9 Å². The molecule has 6 heteroatoms. The third-order valence-electron chi connectivity index (χ3n) is 3.67. The van der Waals surface area contributed by atoms with Crippen LogP contribution in [0.1, 0.15) is 6.92 Å². The van der Waals surface area contributed by atoms with Crippen LogP contribution in [0.2, 0.25) is 0 Å². The first-order chi connectivity index (χ1) is 12.3. The molecular formula is C19H20N2O2S2. The second-order valence-electron chi connectivity index (χ2n) is 5.29. The van der Waals surface area contributed by atoms with Crippen LogP contribution in [0.4, 0.5) is 0 Å². The highest BCUT2D eigenvalue weighted by Crippen LogP contribution is 2.27. The zero-order valence-electron chi connectivity index (χ0n) is 14.3. The molecule has 0 saturated carbocycles. The Hall–Kier alpha value is -1.92. The molecule has 3 rings (SSSR count). The number of nitrogens with zero attached hydrogens (tertiary/aromatic N) is 2. The minimum absolute atomic E-state index is 0.0654. The van der Waals surface area contributed by atoms with Gasteiger partial charge in [0.05, 0.1) is 23.2 Å². The fourth-order valence-electron chi connectivity index (χ4n) is 2.56. The van der Waals surface area contributed by atoms with Crippen molar-refractivity contribution in [2.75, 3.05) is 24.4 Å². The Balaban J connectivity index is 2.22. The second-order valence-corrected chi connectivity index (χ2v) is 7.34. The molecule has 1 aromatic heterocycles. The van der Waals surface area contributed by atoms with Crippen LogP contribution in [0, 0.1) is 0 Å². The summed E-state index contributed by atoms with van der Waals surface area (Å²) in [5.74, 6) is 2.58. The highest BCUT2D eigenvalue weighted by Gasteiger charge is 2.16. The van der Waals surface area contributed by atoms with Crippen LogP contribution in [-0.2, 0) is 0 Å². The second kappa shape index (κ2) is 8.45. The van der Waals surface area contributed by atoms with Crippen molar-refractivity contribution in [3.63, 3.8) is 0 Å². The highest BCUT2D eigenvalue weighted by atomic mass is 32.2. The minimum Gasteiger partial charge on any atom is -0.492 e. The molecule has 0 bridgehead atoms. The van der Waals surface area contributed by atoms with Gasteiger partial charge in [-0.1, -0.05) is 36.0 Å². The van der Waals surface area contributed by atoms with Gasteiger partial charge in [0.15, 0.2) is 5.16 Å². The van der Waals surface area contributed by atoms with Crippen LogP contribution in [0.5, 0.6) is 5.75 Å². The topological polar surface area (TPSA) is 44.1 Å². The molecule has 0 fully saturated rings. The van der Waals surface area contributed by atoms with Crippen LogP contribution < -0.4 is 10.3 Å². The first-order valence-corrected chi connectivity index (χ1v) is 10.5. The van der Waals surface area contributed by atoms with Crippen molar-refractivity contribution in [1.29, 1.82) is 0 Å². The smallest absolute Gasteiger partial charge is 0.266 e. The molecule has 0 saturated heterocycles. The largest absolute Gasteiger partial charge is 0.492 e. The minimum atomic E-state index is -0.0654. The third-order valence-corrected chi connectivity index (χ3v) is 5.48. The summed E-state index contributed by atoms with van der Waals surface area (Å²) < 4.78 is 7.42. The quantitative estimate of drug-likeness (QED) is 0.353. The summed E-state index contributed by atoms with van der Waals surface area (Å²) in [4.78, 5) is 17.9. The summed E-state index contributed by atoms with van der Waals surface area (Å²) in [6.07, 6.45) is 2.08. The van der Waals surface area contributed by atoms with Gasteiger partial charge in [-0.3, -0.25) is 9.36 Å². The molecule has 1 heterocycles. The van der Waals surface area contributed by atoms with Gasteiger partial charge in [-0.05, 0) is 37.4 Å². The van der Waals surface area contributed by atoms with E-state index in [9.17, 15) is 4.79 Å². The van der Waals surface area contributed by atoms with Crippen molar-refractivity contribution >= 4 is 34.4 Å². The maximum atomic E-state index is 13.2. The molecule has 0 radical (unpaired) electrons. The average molecular weight is 373 g/mol. The lowest BCUT2D eigenvalue weighted by Gasteiger charge is -2.16. The number of para-hydroxylation sites is 3. The Morgan fingerprint density at radius 1 is 1.08 bits per heavy atom. The van der Waals surface area contributed by atoms with E-state index in [1.807, 2.05) is 55.5 Å². The fraction of sp³-hybridized carbons (Fsp3) is 0.263. The Morgan fingerprint density at radius 3 is 2.64 bits per heavy atom. The Bertz CT molecular complexity index is 925. The molecule has 25 heavy (non-hydrogen) atoms. The Kier molecular flexibility index (Phi) is 6.04. The molecule has 3 aromatic rings. The summed E-state index contributed by atoms with van der Waals surface area (Å²) in [7, 11) is 0. The van der Waals surface area contributed by atoms with Gasteiger partial charge in [0.1, 0.15) is 5.75 Å². The van der Waals surface area contributed by atoms with Gasteiger partial charge in [-0.2, -0.15) is 11.8 Å². The van der Waals surface area contributed by atoms with Crippen molar-refractivity contribution in [2.24, 2.45) is 0 Å². The molecule has 0 atom stereocenters. The van der Waals surface area contributed by atoms with Gasteiger partial charge < -0.3 is 4.74 Å². The predicted octanol–water partition coefficient (Wildman–Crippen LogP) is 4.24. The molecule has 0 aliphatic heterocycles. The zero-order valence-corrected chi connectivity index (χ0v) is 15.9. The van der Waals surface area contributed by atoms with Crippen molar-refractivity contribution < 1.29 is 4.74 Å². The van der Waals surface area contributed by atoms with E-state index in [-0.39, 0.29) is 5.56 Å². The standard InChI is InChI=1S/C19H20N2O2S2/c1-3-23-17-11-7-6-10-16(17)21-18(22)14-8-4-5-9-15(14)20-19(21)25-13-12-24-2/h4-11H,3,12-13H2,1-2H3. The number of rotatable bonds is 7. The van der Waals surface area contributed by atoms with Gasteiger partial charge >= 0.3 is 0 Å². The summed E-state index contributed by atoms with van der Waals surface area (Å²) >= 11 is 3.38. The third kappa shape index (κ3) is 3.85. The van der Waals surface area contributed by atoms with Crippen molar-refractivity contribution in [3.8, 4) is 11.4 Å². The van der Waals surface area contributed by atoms with Gasteiger partial charge in [-0.25, -0.2) is 4.98 Å². The lowest BCUT2D eigenvalue weighted by Crippen LogP contribution is -2.22. The molecule has 4 nitrogen and oxygen atoms in total. The van der Waals surface area contributed by atoms with Gasteiger partial charge in [-0.15, -0.1) is 0 Å². The van der Waals surface area contributed by atoms with Crippen LogP contribution in [0.15, 0.2) is 58.5 Å². The van der Waals surface area contributed by atoms with Crippen molar-refractivity contribution in [1.82, 2.24) is 9.55 Å². The summed E-state index contributed by atoms with van der Waals surface area (Å²) in [6, 6.07) is 15.1. The van der Waals surface area contributed by atoms with E-state index in [2.05, 4.69) is 6.26 Å². The van der Waals surface area contributed by atoms with Gasteiger partial charge in [0, 0.05) is 11.5 Å². The zero-order chi connectivity index (χ0) is 17.6. The number of aromatic nitrogens is 2. The molecular weight excluding hydrogens is 352 g/mol. The maximum Gasteiger partial charge on any atom is 0.266 e. The van der Waals surface area contributed by atoms with E-state index < -0.39 is 0 Å². The summed E-state index contributed by atoms with van der Waals surface area (Å²) in [6.45, 7) is 2.48. The number of benzene rings is 2. The van der Waals surface area contributed by atoms with Crippen LogP contribution >= 0.6 is 23.5 Å².